The maximum absolute atomic E-state index is 11.2. The fourth-order valence-corrected chi connectivity index (χ4v) is 2.82. The molecule has 1 N–H and O–H groups in total. The molecule has 0 saturated carbocycles. The molecule has 21 heavy (non-hydrogen) atoms. The smallest absolute Gasteiger partial charge is 0.415 e. The molecule has 0 bridgehead atoms. The normalized spacial score (nSPS) is 12.8. The zero-order valence-electron chi connectivity index (χ0n) is 11.4. The second-order valence-electron chi connectivity index (χ2n) is 5.31. The van der Waals surface area contributed by atoms with E-state index in [0.717, 1.165) is 15.5 Å². The van der Waals surface area contributed by atoms with Crippen molar-refractivity contribution in [3.63, 3.8) is 0 Å². The molecule has 0 amide bonds. The summed E-state index contributed by atoms with van der Waals surface area (Å²) in [5.41, 5.74) is 1.03. The first kappa shape index (κ1) is 16.4. The van der Waals surface area contributed by atoms with Gasteiger partial charge >= 0.3 is 12.2 Å². The number of aromatic nitrogens is 1. The van der Waals surface area contributed by atoms with E-state index in [0.29, 0.717) is 5.52 Å². The highest BCUT2D eigenvalue weighted by Crippen LogP contribution is 2.58. The van der Waals surface area contributed by atoms with Gasteiger partial charge in [-0.2, -0.15) is 0 Å². The number of benzene rings is 1. The minimum Gasteiger partial charge on any atom is -0.464 e. The molecule has 0 unspecified atom stereocenters. The van der Waals surface area contributed by atoms with Gasteiger partial charge in [-0.15, -0.1) is 0 Å². The Bertz CT molecular complexity index is 735. The lowest BCUT2D eigenvalue weighted by atomic mass is 9.85. The molecule has 114 valence electrons. The van der Waals surface area contributed by atoms with Gasteiger partial charge in [-0.3, -0.25) is 9.13 Å². The molecular weight excluding hydrogens is 336 g/mol. The highest BCUT2D eigenvalue weighted by molar-refractivity contribution is 8.05. The molecule has 0 atom stereocenters. The van der Waals surface area contributed by atoms with Crippen LogP contribution in [0, 0.1) is 0 Å². The van der Waals surface area contributed by atoms with E-state index in [-0.39, 0.29) is 6.61 Å². The van der Waals surface area contributed by atoms with Crippen LogP contribution in [0.4, 0.5) is 4.79 Å². The standard InChI is InChI=1S/C13H14Cl2NO4P/c1-13(2,8-20-21(14,15)19)10-3-4-11-9(7-10)5-6-16(11)12(17)18/h3-7H,8H2,1-2H3,(H,17,18). The molecule has 0 aliphatic carbocycles. The minimum absolute atomic E-state index is 0.0857. The lowest BCUT2D eigenvalue weighted by Gasteiger charge is -2.25. The minimum atomic E-state index is -3.58. The molecule has 0 radical (unpaired) electrons. The predicted molar refractivity (Wildman–Crippen MR) is 83.7 cm³/mol. The maximum Gasteiger partial charge on any atom is 0.415 e. The number of hydrogen-bond acceptors (Lipinski definition) is 3. The number of fused-ring (bicyclic) bond motifs is 1. The van der Waals surface area contributed by atoms with E-state index < -0.39 is 17.6 Å². The van der Waals surface area contributed by atoms with E-state index in [1.54, 1.807) is 18.2 Å². The Labute approximate surface area is 131 Å². The Hall–Kier alpha value is -1.00. The Balaban J connectivity index is 2.34. The number of halogens is 2. The van der Waals surface area contributed by atoms with Crippen LogP contribution in [0.2, 0.25) is 0 Å². The van der Waals surface area contributed by atoms with Gasteiger partial charge in [-0.05, 0) is 46.2 Å². The number of carboxylic acid groups (broad SMARTS) is 1. The van der Waals surface area contributed by atoms with Crippen molar-refractivity contribution in [1.29, 1.82) is 0 Å². The number of carbonyl (C=O) groups is 1. The van der Waals surface area contributed by atoms with Crippen LogP contribution < -0.4 is 0 Å². The molecule has 0 fully saturated rings. The first-order valence-electron chi connectivity index (χ1n) is 6.09. The highest BCUT2D eigenvalue weighted by Gasteiger charge is 2.26. The number of rotatable bonds is 4. The van der Waals surface area contributed by atoms with Crippen LogP contribution in [0.15, 0.2) is 30.5 Å². The Morgan fingerprint density at radius 3 is 2.62 bits per heavy atom. The molecule has 1 heterocycles. The molecule has 5 nitrogen and oxygen atoms in total. The highest BCUT2D eigenvalue weighted by atomic mass is 35.9. The molecular formula is C13H14Cl2NO4P. The van der Waals surface area contributed by atoms with Crippen LogP contribution in [-0.2, 0) is 14.5 Å². The van der Waals surface area contributed by atoms with Crippen LogP contribution in [0.5, 0.6) is 0 Å². The van der Waals surface area contributed by atoms with E-state index >= 15 is 0 Å². The molecule has 2 aromatic rings. The van der Waals surface area contributed by atoms with E-state index in [2.05, 4.69) is 0 Å². The molecule has 0 spiro atoms. The van der Waals surface area contributed by atoms with Crippen molar-refractivity contribution < 1.29 is 19.0 Å². The quantitative estimate of drug-likeness (QED) is 0.784. The van der Waals surface area contributed by atoms with Crippen LogP contribution in [0.25, 0.3) is 10.9 Å². The number of nitrogens with zero attached hydrogens (tertiary/aromatic N) is 1. The average Bonchev–Trinajstić information content (AvgIpc) is 2.78. The summed E-state index contributed by atoms with van der Waals surface area (Å²) in [5, 5.41) is 9.85. The molecule has 1 aromatic heterocycles. The first-order chi connectivity index (χ1) is 9.60. The third-order valence-electron chi connectivity index (χ3n) is 3.25. The maximum atomic E-state index is 11.2. The van der Waals surface area contributed by atoms with Crippen LogP contribution >= 0.6 is 28.6 Å². The van der Waals surface area contributed by atoms with E-state index in [1.807, 2.05) is 19.9 Å². The van der Waals surface area contributed by atoms with Gasteiger partial charge in [0.05, 0.1) is 12.1 Å². The van der Waals surface area contributed by atoms with E-state index in [1.165, 1.54) is 6.20 Å². The van der Waals surface area contributed by atoms with Crippen molar-refractivity contribution in [2.24, 2.45) is 0 Å². The SMILES string of the molecule is CC(C)(COP(=O)(Cl)Cl)c1ccc2c(ccn2C(=O)O)c1. The largest absolute Gasteiger partial charge is 0.464 e. The summed E-state index contributed by atoms with van der Waals surface area (Å²) in [6.07, 6.45) is -3.12. The Kier molecular flexibility index (Phi) is 4.41. The zero-order valence-corrected chi connectivity index (χ0v) is 13.8. The second kappa shape index (κ2) is 5.65. The van der Waals surface area contributed by atoms with Gasteiger partial charge < -0.3 is 9.63 Å². The molecule has 8 heteroatoms. The van der Waals surface area contributed by atoms with E-state index in [4.69, 9.17) is 32.1 Å². The average molecular weight is 350 g/mol. The summed E-state index contributed by atoms with van der Waals surface area (Å²) < 4.78 is 17.4. The molecule has 0 aliphatic rings. The summed E-state index contributed by atoms with van der Waals surface area (Å²) in [5.74, 6) is 0. The fourth-order valence-electron chi connectivity index (χ4n) is 2.05. The fraction of sp³-hybridized carbons (Fsp3) is 0.308. The van der Waals surface area contributed by atoms with Gasteiger partial charge in [0.25, 0.3) is 0 Å². The van der Waals surface area contributed by atoms with Crippen molar-refractivity contribution in [3.05, 3.63) is 36.0 Å². The topological polar surface area (TPSA) is 68.5 Å². The van der Waals surface area contributed by atoms with Gasteiger partial charge in [-0.25, -0.2) is 4.79 Å². The lowest BCUT2D eigenvalue weighted by Crippen LogP contribution is -2.23. The van der Waals surface area contributed by atoms with Crippen LogP contribution in [0.3, 0.4) is 0 Å². The second-order valence-corrected chi connectivity index (χ2v) is 9.59. The van der Waals surface area contributed by atoms with Gasteiger partial charge in [-0.1, -0.05) is 19.9 Å². The van der Waals surface area contributed by atoms with Gasteiger partial charge in [0.15, 0.2) is 0 Å². The van der Waals surface area contributed by atoms with Crippen LogP contribution in [0.1, 0.15) is 19.4 Å². The summed E-state index contributed by atoms with van der Waals surface area (Å²) in [7, 11) is 0. The molecule has 0 aliphatic heterocycles. The van der Waals surface area contributed by atoms with Gasteiger partial charge in [0, 0.05) is 17.0 Å². The third-order valence-corrected chi connectivity index (χ3v) is 4.27. The predicted octanol–water partition coefficient (Wildman–Crippen LogP) is 5.05. The van der Waals surface area contributed by atoms with Crippen molar-refractivity contribution in [2.45, 2.75) is 19.3 Å². The molecule has 1 aromatic carbocycles. The molecule has 2 rings (SSSR count). The van der Waals surface area contributed by atoms with Crippen molar-refractivity contribution in [2.75, 3.05) is 6.61 Å². The lowest BCUT2D eigenvalue weighted by molar-refractivity contribution is 0.197. The third kappa shape index (κ3) is 3.80. The molecule has 0 saturated heterocycles. The van der Waals surface area contributed by atoms with Crippen molar-refractivity contribution in [3.8, 4) is 0 Å². The van der Waals surface area contributed by atoms with Gasteiger partial charge in [0.1, 0.15) is 0 Å². The van der Waals surface area contributed by atoms with Gasteiger partial charge in [0.2, 0.25) is 0 Å². The summed E-state index contributed by atoms with van der Waals surface area (Å²) in [6, 6.07) is 7.11. The summed E-state index contributed by atoms with van der Waals surface area (Å²) in [6.45, 7) is 3.88. The van der Waals surface area contributed by atoms with Crippen molar-refractivity contribution in [1.82, 2.24) is 4.57 Å². The first-order valence-corrected chi connectivity index (χ1v) is 9.52. The Morgan fingerprint density at radius 1 is 1.38 bits per heavy atom. The summed E-state index contributed by atoms with van der Waals surface area (Å²) >= 11 is 10.8. The van der Waals surface area contributed by atoms with Crippen LogP contribution in [-0.4, -0.2) is 22.4 Å². The van der Waals surface area contributed by atoms with Crippen molar-refractivity contribution >= 4 is 45.6 Å². The van der Waals surface area contributed by atoms with E-state index in [9.17, 15) is 9.36 Å². The summed E-state index contributed by atoms with van der Waals surface area (Å²) in [4.78, 5) is 11.1. The Morgan fingerprint density at radius 2 is 2.05 bits per heavy atom. The zero-order chi connectivity index (χ0) is 15.8. The number of hydrogen-bond donors (Lipinski definition) is 1. The monoisotopic (exact) mass is 349 g/mol.